The number of nitrogens with two attached hydrogens (primary N) is 1. The summed E-state index contributed by atoms with van der Waals surface area (Å²) in [5.74, 6) is -0.214. The molecule has 1 aromatic heterocycles. The standard InChI is InChI=1S/C20H23N7O3/c1-13(19(22)28)25-18-10-16(30-15-4-2-14(11-21)3-5-15)7-9-27(18)26-20(29)17-6-8-23-12-24-17/h2-6,8,12-13,16,18,25H,7,9-10H2,1H3,(H2,22,28)(H,26,29)/t13-,16-,18-/m0/s1. The van der Waals surface area contributed by atoms with Crippen LogP contribution in [-0.4, -0.2) is 51.6 Å². The fourth-order valence-electron chi connectivity index (χ4n) is 3.12. The molecule has 1 saturated heterocycles. The quantitative estimate of drug-likeness (QED) is 0.593. The normalized spacial score (nSPS) is 20.0. The van der Waals surface area contributed by atoms with E-state index in [-0.39, 0.29) is 23.9 Å². The van der Waals surface area contributed by atoms with Gasteiger partial charge >= 0.3 is 0 Å². The maximum atomic E-state index is 12.5. The average Bonchev–Trinajstić information content (AvgIpc) is 2.76. The van der Waals surface area contributed by atoms with Gasteiger partial charge in [0.1, 0.15) is 23.9 Å². The zero-order valence-corrected chi connectivity index (χ0v) is 16.5. The molecule has 0 radical (unpaired) electrons. The fourth-order valence-corrected chi connectivity index (χ4v) is 3.12. The first-order chi connectivity index (χ1) is 14.5. The summed E-state index contributed by atoms with van der Waals surface area (Å²) in [5, 5.41) is 13.8. The van der Waals surface area contributed by atoms with Gasteiger partial charge in [-0.2, -0.15) is 5.26 Å². The first-order valence-electron chi connectivity index (χ1n) is 9.52. The van der Waals surface area contributed by atoms with Crippen molar-refractivity contribution in [2.45, 2.75) is 38.1 Å². The van der Waals surface area contributed by atoms with Crippen LogP contribution in [0.1, 0.15) is 35.8 Å². The van der Waals surface area contributed by atoms with Gasteiger partial charge in [-0.05, 0) is 43.7 Å². The van der Waals surface area contributed by atoms with Gasteiger partial charge in [0.25, 0.3) is 5.91 Å². The van der Waals surface area contributed by atoms with Gasteiger partial charge in [0, 0.05) is 19.2 Å². The number of hydrogen-bond donors (Lipinski definition) is 3. The molecule has 0 aliphatic carbocycles. The number of hydrogen-bond acceptors (Lipinski definition) is 8. The number of carbonyl (C=O) groups excluding carboxylic acids is 2. The van der Waals surface area contributed by atoms with E-state index in [1.165, 1.54) is 18.6 Å². The first-order valence-corrected chi connectivity index (χ1v) is 9.52. The number of nitrogens with one attached hydrogen (secondary N) is 2. The van der Waals surface area contributed by atoms with Crippen LogP contribution in [0.3, 0.4) is 0 Å². The molecule has 2 aromatic rings. The van der Waals surface area contributed by atoms with Crippen molar-refractivity contribution in [3.63, 3.8) is 0 Å². The van der Waals surface area contributed by atoms with Crippen LogP contribution in [0.5, 0.6) is 5.75 Å². The molecule has 1 aliphatic heterocycles. The second kappa shape index (κ2) is 9.78. The Morgan fingerprint density at radius 1 is 1.33 bits per heavy atom. The minimum atomic E-state index is -0.595. The highest BCUT2D eigenvalue weighted by Crippen LogP contribution is 2.22. The summed E-state index contributed by atoms with van der Waals surface area (Å²) in [4.78, 5) is 31.8. The van der Waals surface area contributed by atoms with E-state index in [1.54, 1.807) is 36.2 Å². The Morgan fingerprint density at radius 3 is 2.73 bits per heavy atom. The van der Waals surface area contributed by atoms with Gasteiger partial charge < -0.3 is 10.5 Å². The van der Waals surface area contributed by atoms with E-state index in [0.29, 0.717) is 30.7 Å². The number of amides is 2. The zero-order valence-electron chi connectivity index (χ0n) is 16.5. The van der Waals surface area contributed by atoms with E-state index >= 15 is 0 Å². The molecule has 0 saturated carbocycles. The maximum absolute atomic E-state index is 12.5. The van der Waals surface area contributed by atoms with E-state index < -0.39 is 11.9 Å². The summed E-state index contributed by atoms with van der Waals surface area (Å²) in [5.41, 5.74) is 9.02. The lowest BCUT2D eigenvalue weighted by molar-refractivity contribution is -0.120. The molecule has 10 nitrogen and oxygen atoms in total. The van der Waals surface area contributed by atoms with Crippen LogP contribution in [0.25, 0.3) is 0 Å². The van der Waals surface area contributed by atoms with Gasteiger partial charge in [-0.25, -0.2) is 15.0 Å². The van der Waals surface area contributed by atoms with Gasteiger partial charge in [-0.1, -0.05) is 0 Å². The molecule has 2 heterocycles. The number of primary amides is 1. The fraction of sp³-hybridized carbons (Fsp3) is 0.350. The van der Waals surface area contributed by atoms with Crippen LogP contribution in [0.2, 0.25) is 0 Å². The summed E-state index contributed by atoms with van der Waals surface area (Å²) in [6, 6.07) is 9.87. The molecule has 30 heavy (non-hydrogen) atoms. The van der Waals surface area contributed by atoms with E-state index in [0.717, 1.165) is 0 Å². The topological polar surface area (TPSA) is 146 Å². The number of piperidine rings is 1. The van der Waals surface area contributed by atoms with Crippen molar-refractivity contribution in [3.8, 4) is 11.8 Å². The number of hydrazine groups is 1. The molecule has 1 aliphatic rings. The number of ether oxygens (including phenoxy) is 1. The van der Waals surface area contributed by atoms with Crippen LogP contribution in [0.4, 0.5) is 0 Å². The number of nitriles is 1. The SMILES string of the molecule is C[C@H](N[C@@H]1C[C@@H](Oc2ccc(C#N)cc2)CCN1NC(=O)c1ccncn1)C(N)=O. The third kappa shape index (κ3) is 5.50. The van der Waals surface area contributed by atoms with Gasteiger partial charge in [0.15, 0.2) is 0 Å². The lowest BCUT2D eigenvalue weighted by Crippen LogP contribution is -2.62. The molecule has 3 atom stereocenters. The van der Waals surface area contributed by atoms with E-state index in [4.69, 9.17) is 15.7 Å². The van der Waals surface area contributed by atoms with Crippen LogP contribution in [0, 0.1) is 11.3 Å². The number of aromatic nitrogens is 2. The van der Waals surface area contributed by atoms with Crippen molar-refractivity contribution in [1.29, 1.82) is 5.26 Å². The molecule has 0 spiro atoms. The van der Waals surface area contributed by atoms with E-state index in [9.17, 15) is 9.59 Å². The predicted octanol–water partition coefficient (Wildman–Crippen LogP) is 0.326. The van der Waals surface area contributed by atoms with Crippen LogP contribution < -0.4 is 21.2 Å². The monoisotopic (exact) mass is 409 g/mol. The van der Waals surface area contributed by atoms with Crippen molar-refractivity contribution in [2.24, 2.45) is 5.73 Å². The molecule has 10 heteroatoms. The second-order valence-electron chi connectivity index (χ2n) is 6.94. The second-order valence-corrected chi connectivity index (χ2v) is 6.94. The van der Waals surface area contributed by atoms with Crippen LogP contribution in [-0.2, 0) is 4.79 Å². The minimum Gasteiger partial charge on any atom is -0.490 e. The largest absolute Gasteiger partial charge is 0.490 e. The lowest BCUT2D eigenvalue weighted by atomic mass is 10.0. The Labute approximate surface area is 174 Å². The summed E-state index contributed by atoms with van der Waals surface area (Å²) >= 11 is 0. The van der Waals surface area contributed by atoms with E-state index in [1.807, 2.05) is 0 Å². The van der Waals surface area contributed by atoms with Crippen molar-refractivity contribution in [2.75, 3.05) is 6.54 Å². The number of carbonyl (C=O) groups is 2. The Kier molecular flexibility index (Phi) is 6.90. The summed E-state index contributed by atoms with van der Waals surface area (Å²) < 4.78 is 6.04. The number of benzene rings is 1. The number of rotatable bonds is 7. The molecular formula is C20H23N7O3. The van der Waals surface area contributed by atoms with Gasteiger partial charge in [-0.3, -0.25) is 20.3 Å². The molecule has 2 amide bonds. The molecule has 0 unspecified atom stereocenters. The van der Waals surface area contributed by atoms with Gasteiger partial charge in [0.2, 0.25) is 5.91 Å². The molecular weight excluding hydrogens is 386 g/mol. The molecule has 156 valence electrons. The Morgan fingerprint density at radius 2 is 2.10 bits per heavy atom. The zero-order chi connectivity index (χ0) is 21.5. The van der Waals surface area contributed by atoms with Crippen molar-refractivity contribution < 1.29 is 14.3 Å². The summed E-state index contributed by atoms with van der Waals surface area (Å²) in [6.45, 7) is 2.15. The smallest absolute Gasteiger partial charge is 0.284 e. The average molecular weight is 409 g/mol. The highest BCUT2D eigenvalue weighted by atomic mass is 16.5. The van der Waals surface area contributed by atoms with Crippen LogP contribution >= 0.6 is 0 Å². The third-order valence-corrected chi connectivity index (χ3v) is 4.77. The lowest BCUT2D eigenvalue weighted by Gasteiger charge is -2.40. The molecule has 1 aromatic carbocycles. The molecule has 1 fully saturated rings. The van der Waals surface area contributed by atoms with Crippen molar-refractivity contribution >= 4 is 11.8 Å². The Hall–Kier alpha value is -3.55. The minimum absolute atomic E-state index is 0.150. The Bertz CT molecular complexity index is 914. The van der Waals surface area contributed by atoms with Gasteiger partial charge in [0.05, 0.1) is 23.8 Å². The molecule has 0 bridgehead atoms. The Balaban J connectivity index is 1.68. The summed E-state index contributed by atoms with van der Waals surface area (Å²) in [7, 11) is 0. The highest BCUT2D eigenvalue weighted by Gasteiger charge is 2.32. The predicted molar refractivity (Wildman–Crippen MR) is 107 cm³/mol. The molecule has 3 rings (SSSR count). The number of nitrogens with zero attached hydrogens (tertiary/aromatic N) is 4. The van der Waals surface area contributed by atoms with E-state index in [2.05, 4.69) is 26.8 Å². The van der Waals surface area contributed by atoms with Crippen molar-refractivity contribution in [1.82, 2.24) is 25.7 Å². The van der Waals surface area contributed by atoms with Gasteiger partial charge in [-0.15, -0.1) is 0 Å². The molecule has 4 N–H and O–H groups in total. The maximum Gasteiger partial charge on any atom is 0.284 e. The first kappa shape index (κ1) is 21.2. The summed E-state index contributed by atoms with van der Waals surface area (Å²) in [6.07, 6.45) is 3.41. The highest BCUT2D eigenvalue weighted by molar-refractivity contribution is 5.91. The van der Waals surface area contributed by atoms with Crippen molar-refractivity contribution in [3.05, 3.63) is 54.1 Å². The third-order valence-electron chi connectivity index (χ3n) is 4.77. The van der Waals surface area contributed by atoms with Crippen LogP contribution in [0.15, 0.2) is 42.9 Å².